The zero-order chi connectivity index (χ0) is 20.6. The van der Waals surface area contributed by atoms with Gasteiger partial charge in [0.25, 0.3) is 5.60 Å². The van der Waals surface area contributed by atoms with Crippen molar-refractivity contribution in [2.24, 2.45) is 0 Å². The number of alkyl halides is 3. The average molecular weight is 429 g/mol. The van der Waals surface area contributed by atoms with E-state index in [0.717, 1.165) is 12.1 Å². The third kappa shape index (κ3) is 4.96. The van der Waals surface area contributed by atoms with Crippen LogP contribution in [0.4, 0.5) is 17.6 Å². The van der Waals surface area contributed by atoms with Gasteiger partial charge in [0.1, 0.15) is 11.6 Å². The number of hydrogen-bond acceptors (Lipinski definition) is 3. The molecule has 0 amide bonds. The Hall–Kier alpha value is -1.18. The van der Waals surface area contributed by atoms with Gasteiger partial charge in [-0.15, -0.1) is 0 Å². The lowest BCUT2D eigenvalue weighted by Gasteiger charge is -2.42. The van der Waals surface area contributed by atoms with Crippen LogP contribution >= 0.6 is 0 Å². The van der Waals surface area contributed by atoms with E-state index in [9.17, 15) is 27.5 Å². The van der Waals surface area contributed by atoms with Crippen LogP contribution in [0, 0.1) is 5.82 Å². The van der Waals surface area contributed by atoms with Gasteiger partial charge in [-0.05, 0) is 23.6 Å². The lowest BCUT2D eigenvalue weighted by molar-refractivity contribution is -0.283. The van der Waals surface area contributed by atoms with Gasteiger partial charge in [0.2, 0.25) is 0 Å². The molecule has 0 aliphatic heterocycles. The number of hydrogen-bond donors (Lipinski definition) is 1. The molecule has 26 heavy (non-hydrogen) atoms. The molecular formula is C15H24F4O4Si3. The summed E-state index contributed by atoms with van der Waals surface area (Å²) in [7, 11) is 2.22. The van der Waals surface area contributed by atoms with Gasteiger partial charge in [-0.25, -0.2) is 9.18 Å². The Morgan fingerprint density at radius 1 is 1.19 bits per heavy atom. The van der Waals surface area contributed by atoms with E-state index in [4.69, 9.17) is 9.47 Å². The standard InChI is InChI=1S/C15H24F4O4Si3/c1-12(2,9-6-8(16)4-5-10(9)22-3)7-13(11(20)21,14(17,18)19)23-15(24,25)26/h4-6H,7H2,1-3,24-26H3,(H,20,21)/t13-/m0/s1. The van der Waals surface area contributed by atoms with Crippen molar-refractivity contribution in [3.05, 3.63) is 29.6 Å². The second-order valence-electron chi connectivity index (χ2n) is 7.75. The highest BCUT2D eigenvalue weighted by Crippen LogP contribution is 2.46. The molecule has 0 saturated carbocycles. The molecule has 0 heterocycles. The summed E-state index contributed by atoms with van der Waals surface area (Å²) < 4.78 is 64.8. The second kappa shape index (κ2) is 7.44. The number of carboxylic acids is 1. The first-order chi connectivity index (χ1) is 11.6. The third-order valence-corrected chi connectivity index (χ3v) is 4.48. The molecule has 0 spiro atoms. The lowest BCUT2D eigenvalue weighted by atomic mass is 9.74. The van der Waals surface area contributed by atoms with Crippen LogP contribution in [-0.4, -0.2) is 65.2 Å². The molecule has 0 bridgehead atoms. The van der Waals surface area contributed by atoms with Crippen molar-refractivity contribution >= 4 is 36.7 Å². The summed E-state index contributed by atoms with van der Waals surface area (Å²) >= 11 is 0. The number of carboxylic acid groups (broad SMARTS) is 1. The van der Waals surface area contributed by atoms with Crippen LogP contribution in [0.5, 0.6) is 5.75 Å². The van der Waals surface area contributed by atoms with E-state index in [0.29, 0.717) is 30.7 Å². The Morgan fingerprint density at radius 3 is 2.12 bits per heavy atom. The van der Waals surface area contributed by atoms with Gasteiger partial charge in [-0.3, -0.25) is 0 Å². The molecule has 148 valence electrons. The van der Waals surface area contributed by atoms with Crippen molar-refractivity contribution in [1.29, 1.82) is 0 Å². The van der Waals surface area contributed by atoms with E-state index in [-0.39, 0.29) is 11.3 Å². The number of halogens is 4. The Morgan fingerprint density at radius 2 is 1.73 bits per heavy atom. The summed E-state index contributed by atoms with van der Waals surface area (Å²) in [6, 6.07) is 3.50. The Kier molecular flexibility index (Phi) is 6.55. The van der Waals surface area contributed by atoms with Crippen molar-refractivity contribution < 1.29 is 36.9 Å². The van der Waals surface area contributed by atoms with Gasteiger partial charge in [-0.1, -0.05) is 13.8 Å². The minimum Gasteiger partial charge on any atom is -0.496 e. The van der Waals surface area contributed by atoms with Crippen molar-refractivity contribution in [3.8, 4) is 5.75 Å². The molecule has 0 aliphatic carbocycles. The Labute approximate surface area is 158 Å². The van der Waals surface area contributed by atoms with Crippen LogP contribution in [0.25, 0.3) is 0 Å². The normalized spacial score (nSPS) is 17.7. The van der Waals surface area contributed by atoms with Crippen molar-refractivity contribution in [1.82, 2.24) is 0 Å². The van der Waals surface area contributed by atoms with Gasteiger partial charge in [0, 0.05) is 47.2 Å². The van der Waals surface area contributed by atoms with E-state index in [2.05, 4.69) is 0 Å². The molecule has 0 unspecified atom stereocenters. The zero-order valence-corrected chi connectivity index (χ0v) is 21.6. The van der Waals surface area contributed by atoms with E-state index in [1.807, 2.05) is 0 Å². The van der Waals surface area contributed by atoms with Gasteiger partial charge in [-0.2, -0.15) is 13.2 Å². The summed E-state index contributed by atoms with van der Waals surface area (Å²) in [4.78, 5) is 11.8. The first-order valence-electron chi connectivity index (χ1n) is 7.90. The number of carbonyl (C=O) groups is 1. The largest absolute Gasteiger partial charge is 0.496 e. The SMILES string of the molecule is COc1ccc(F)cc1C(C)(C)C[C@](OC([SiH3])([SiH3])[SiH3])(C(=O)O)C(F)(F)F. The van der Waals surface area contributed by atoms with Gasteiger partial charge in [0.15, 0.2) is 0 Å². The second-order valence-corrected chi connectivity index (χ2v) is 21.0. The molecule has 1 N–H and O–H groups in total. The van der Waals surface area contributed by atoms with Crippen molar-refractivity contribution in [2.75, 3.05) is 7.11 Å². The van der Waals surface area contributed by atoms with Crippen molar-refractivity contribution in [2.45, 2.75) is 41.9 Å². The maximum atomic E-state index is 13.9. The van der Waals surface area contributed by atoms with Crippen LogP contribution in [0.15, 0.2) is 18.2 Å². The fraction of sp³-hybridized carbons (Fsp3) is 0.533. The lowest BCUT2D eigenvalue weighted by Crippen LogP contribution is -2.61. The molecule has 1 rings (SSSR count). The number of aliphatic carboxylic acids is 1. The van der Waals surface area contributed by atoms with Crippen LogP contribution < -0.4 is 4.74 Å². The maximum Gasteiger partial charge on any atom is 0.428 e. The number of benzene rings is 1. The maximum absolute atomic E-state index is 13.9. The first kappa shape index (κ1) is 22.9. The average Bonchev–Trinajstić information content (AvgIpc) is 2.43. The Balaban J connectivity index is 3.55. The quantitative estimate of drug-likeness (QED) is 0.475. The van der Waals surface area contributed by atoms with E-state index in [1.54, 1.807) is 0 Å². The highest BCUT2D eigenvalue weighted by Gasteiger charge is 2.65. The third-order valence-electron chi connectivity index (χ3n) is 3.87. The van der Waals surface area contributed by atoms with E-state index < -0.39 is 39.9 Å². The molecule has 0 aliphatic rings. The van der Waals surface area contributed by atoms with Crippen LogP contribution in [0.2, 0.25) is 0 Å². The monoisotopic (exact) mass is 428 g/mol. The van der Waals surface area contributed by atoms with Crippen LogP contribution in [-0.2, 0) is 14.9 Å². The summed E-state index contributed by atoms with van der Waals surface area (Å²) in [5, 5.41) is 9.51. The highest BCUT2D eigenvalue weighted by molar-refractivity contribution is 6.58. The molecule has 1 aromatic carbocycles. The van der Waals surface area contributed by atoms with Crippen molar-refractivity contribution in [3.63, 3.8) is 0 Å². The summed E-state index contributed by atoms with van der Waals surface area (Å²) in [5.74, 6) is -2.54. The molecular weight excluding hydrogens is 404 g/mol. The van der Waals surface area contributed by atoms with Gasteiger partial charge in [0.05, 0.1) is 7.11 Å². The molecule has 0 radical (unpaired) electrons. The molecule has 1 aromatic rings. The van der Waals surface area contributed by atoms with E-state index in [1.165, 1.54) is 27.0 Å². The van der Waals surface area contributed by atoms with E-state index >= 15 is 0 Å². The highest BCUT2D eigenvalue weighted by atomic mass is 28.3. The predicted molar refractivity (Wildman–Crippen MR) is 101 cm³/mol. The molecule has 11 heteroatoms. The molecule has 0 saturated heterocycles. The summed E-state index contributed by atoms with van der Waals surface area (Å²) in [6.45, 7) is 2.85. The fourth-order valence-electron chi connectivity index (χ4n) is 2.88. The molecule has 1 atom stereocenters. The topological polar surface area (TPSA) is 55.8 Å². The first-order valence-corrected chi connectivity index (χ1v) is 10.9. The van der Waals surface area contributed by atoms with Gasteiger partial charge >= 0.3 is 12.1 Å². The fourth-order valence-corrected chi connectivity index (χ4v) is 3.93. The molecule has 0 fully saturated rings. The zero-order valence-electron chi connectivity index (χ0n) is 15.6. The number of methoxy groups -OCH3 is 1. The molecule has 4 nitrogen and oxygen atoms in total. The van der Waals surface area contributed by atoms with Crippen LogP contribution in [0.3, 0.4) is 0 Å². The smallest absolute Gasteiger partial charge is 0.428 e. The van der Waals surface area contributed by atoms with Gasteiger partial charge < -0.3 is 14.6 Å². The predicted octanol–water partition coefficient (Wildman–Crippen LogP) is -0.388. The number of ether oxygens (including phenoxy) is 2. The summed E-state index contributed by atoms with van der Waals surface area (Å²) in [5.41, 5.74) is -4.59. The Bertz CT molecular complexity index is 674. The summed E-state index contributed by atoms with van der Waals surface area (Å²) in [6.07, 6.45) is -6.02. The van der Waals surface area contributed by atoms with Crippen LogP contribution in [0.1, 0.15) is 25.8 Å². The molecule has 0 aromatic heterocycles. The number of rotatable bonds is 7. The minimum atomic E-state index is -5.12. The minimum absolute atomic E-state index is 0.152.